The number of rotatable bonds is 3. The number of urea groups is 1. The predicted molar refractivity (Wildman–Crippen MR) is 122 cm³/mol. The normalized spacial score (nSPS) is 23.7. The van der Waals surface area contributed by atoms with E-state index < -0.39 is 0 Å². The van der Waals surface area contributed by atoms with E-state index in [0.29, 0.717) is 18.4 Å². The minimum Gasteiger partial charge on any atom is -0.377 e. The first kappa shape index (κ1) is 21.2. The number of nitrogens with one attached hydrogen (secondary N) is 2. The van der Waals surface area contributed by atoms with Crippen LogP contribution in [0, 0.1) is 18.3 Å². The van der Waals surface area contributed by atoms with E-state index in [1.54, 1.807) is 0 Å². The maximum Gasteiger partial charge on any atom is 0.317 e. The zero-order valence-electron chi connectivity index (χ0n) is 19.0. The number of para-hydroxylation sites is 1. The predicted octanol–water partition coefficient (Wildman–Crippen LogP) is 5.21. The summed E-state index contributed by atoms with van der Waals surface area (Å²) in [7, 11) is 0. The zero-order chi connectivity index (χ0) is 21.3. The van der Waals surface area contributed by atoms with Crippen LogP contribution in [0.1, 0.15) is 63.6 Å². The summed E-state index contributed by atoms with van der Waals surface area (Å²) in [6, 6.07) is 8.64. The average Bonchev–Trinajstić information content (AvgIpc) is 3.07. The smallest absolute Gasteiger partial charge is 0.317 e. The molecule has 164 valence electrons. The molecule has 30 heavy (non-hydrogen) atoms. The van der Waals surface area contributed by atoms with Crippen LogP contribution >= 0.6 is 0 Å². The second kappa shape index (κ2) is 8.62. The number of amides is 2. The summed E-state index contributed by atoms with van der Waals surface area (Å²) in [5.41, 5.74) is 4.03. The first-order chi connectivity index (χ1) is 14.3. The first-order valence-corrected chi connectivity index (χ1v) is 11.6. The second-order valence-corrected chi connectivity index (χ2v) is 10.2. The van der Waals surface area contributed by atoms with Crippen LogP contribution in [-0.2, 0) is 4.74 Å². The maximum atomic E-state index is 12.8. The van der Waals surface area contributed by atoms with E-state index in [1.807, 2.05) is 4.90 Å². The Balaban J connectivity index is 1.33. The number of aromatic nitrogens is 1. The molecule has 3 heterocycles. The van der Waals surface area contributed by atoms with Crippen molar-refractivity contribution < 1.29 is 9.53 Å². The van der Waals surface area contributed by atoms with Crippen molar-refractivity contribution in [1.82, 2.24) is 15.2 Å². The molecule has 0 saturated carbocycles. The number of aromatic amines is 1. The van der Waals surface area contributed by atoms with Gasteiger partial charge in [0.25, 0.3) is 0 Å². The molecule has 2 amide bonds. The van der Waals surface area contributed by atoms with Gasteiger partial charge in [0.2, 0.25) is 0 Å². The van der Waals surface area contributed by atoms with E-state index in [2.05, 4.69) is 62.3 Å². The van der Waals surface area contributed by atoms with Gasteiger partial charge in [-0.05, 0) is 55.6 Å². The Bertz CT molecular complexity index is 874. The Labute approximate surface area is 180 Å². The fourth-order valence-electron chi connectivity index (χ4n) is 5.54. The van der Waals surface area contributed by atoms with E-state index in [9.17, 15) is 4.79 Å². The molecule has 2 fully saturated rings. The third-order valence-corrected chi connectivity index (χ3v) is 6.95. The molecular formula is C25H37N3O2. The molecule has 2 aromatic rings. The molecule has 5 heteroatoms. The molecule has 4 rings (SSSR count). The van der Waals surface area contributed by atoms with Crippen LogP contribution in [0.3, 0.4) is 0 Å². The lowest BCUT2D eigenvalue weighted by atomic mass is 9.78. The van der Waals surface area contributed by atoms with E-state index in [0.717, 1.165) is 45.4 Å². The van der Waals surface area contributed by atoms with E-state index in [-0.39, 0.29) is 17.6 Å². The lowest BCUT2D eigenvalue weighted by molar-refractivity contribution is -0.0839. The molecule has 2 aliphatic heterocycles. The lowest BCUT2D eigenvalue weighted by Gasteiger charge is -2.40. The van der Waals surface area contributed by atoms with E-state index in [4.69, 9.17) is 4.74 Å². The molecule has 2 atom stereocenters. The molecule has 2 N–H and O–H groups in total. The van der Waals surface area contributed by atoms with Gasteiger partial charge >= 0.3 is 6.03 Å². The second-order valence-electron chi connectivity index (χ2n) is 10.2. The molecule has 0 radical (unpaired) electrons. The highest BCUT2D eigenvalue weighted by atomic mass is 16.5. The number of aryl methyl sites for hydroxylation is 1. The number of nitrogens with zero attached hydrogens (tertiary/aromatic N) is 1. The number of hydrogen-bond acceptors (Lipinski definition) is 2. The van der Waals surface area contributed by atoms with Gasteiger partial charge in [-0.1, -0.05) is 39.0 Å². The van der Waals surface area contributed by atoms with E-state index in [1.165, 1.54) is 22.2 Å². The fourth-order valence-corrected chi connectivity index (χ4v) is 5.54. The third kappa shape index (κ3) is 4.36. The van der Waals surface area contributed by atoms with Crippen molar-refractivity contribution in [2.45, 2.75) is 65.4 Å². The van der Waals surface area contributed by atoms with Crippen molar-refractivity contribution in [2.24, 2.45) is 11.3 Å². The molecule has 0 aliphatic carbocycles. The van der Waals surface area contributed by atoms with Gasteiger partial charge in [-0.3, -0.25) is 0 Å². The van der Waals surface area contributed by atoms with Crippen LogP contribution in [0.25, 0.3) is 10.9 Å². The van der Waals surface area contributed by atoms with Crippen molar-refractivity contribution in [3.05, 3.63) is 35.5 Å². The van der Waals surface area contributed by atoms with Gasteiger partial charge in [0.1, 0.15) is 0 Å². The summed E-state index contributed by atoms with van der Waals surface area (Å²) >= 11 is 0. The van der Waals surface area contributed by atoms with E-state index >= 15 is 0 Å². The number of carbonyl (C=O) groups excluding carboxylic acids is 1. The molecule has 0 spiro atoms. The Morgan fingerprint density at radius 3 is 2.67 bits per heavy atom. The van der Waals surface area contributed by atoms with Crippen LogP contribution in [0.5, 0.6) is 0 Å². The van der Waals surface area contributed by atoms with Crippen LogP contribution in [0.4, 0.5) is 4.79 Å². The summed E-state index contributed by atoms with van der Waals surface area (Å²) in [6.07, 6.45) is 4.47. The van der Waals surface area contributed by atoms with Gasteiger partial charge < -0.3 is 19.9 Å². The van der Waals surface area contributed by atoms with Gasteiger partial charge in [-0.25, -0.2) is 4.79 Å². The lowest BCUT2D eigenvalue weighted by Crippen LogP contribution is -2.49. The molecule has 1 aromatic heterocycles. The van der Waals surface area contributed by atoms with Crippen molar-refractivity contribution >= 4 is 16.9 Å². The first-order valence-electron chi connectivity index (χ1n) is 11.6. The average molecular weight is 412 g/mol. The number of piperidine rings is 1. The quantitative estimate of drug-likeness (QED) is 0.729. The van der Waals surface area contributed by atoms with Gasteiger partial charge in [-0.15, -0.1) is 0 Å². The standard InChI is InChI=1S/C25H37N3O2/c1-17-22(20-9-5-6-10-21(20)27-17)18-11-13-28(14-12-18)24(29)26-16-19-8-7-15-30-23(19)25(2,3)4/h5-6,9-10,18-19,23,27H,7-8,11-16H2,1-4H3,(H,26,29)/t19-,23+/m1/s1. The molecule has 0 unspecified atom stereocenters. The fraction of sp³-hybridized carbons (Fsp3) is 0.640. The molecule has 2 saturated heterocycles. The number of fused-ring (bicyclic) bond motifs is 1. The van der Waals surface area contributed by atoms with Gasteiger partial charge in [-0.2, -0.15) is 0 Å². The van der Waals surface area contributed by atoms with Crippen LogP contribution < -0.4 is 5.32 Å². The highest BCUT2D eigenvalue weighted by molar-refractivity contribution is 5.85. The highest BCUT2D eigenvalue weighted by Gasteiger charge is 2.36. The van der Waals surface area contributed by atoms with Gasteiger partial charge in [0.15, 0.2) is 0 Å². The minimum absolute atomic E-state index is 0.0855. The summed E-state index contributed by atoms with van der Waals surface area (Å²) in [6.45, 7) is 12.1. The number of ether oxygens (including phenoxy) is 1. The van der Waals surface area contributed by atoms with Crippen LogP contribution in [0.2, 0.25) is 0 Å². The van der Waals surface area contributed by atoms with Gasteiger partial charge in [0.05, 0.1) is 6.10 Å². The number of likely N-dealkylation sites (tertiary alicyclic amines) is 1. The van der Waals surface area contributed by atoms with Crippen molar-refractivity contribution in [3.63, 3.8) is 0 Å². The Kier molecular flexibility index (Phi) is 6.10. The molecule has 2 aliphatic rings. The maximum absolute atomic E-state index is 12.8. The Morgan fingerprint density at radius 1 is 1.20 bits per heavy atom. The molecule has 5 nitrogen and oxygen atoms in total. The van der Waals surface area contributed by atoms with Crippen molar-refractivity contribution in [2.75, 3.05) is 26.2 Å². The SMILES string of the molecule is Cc1[nH]c2ccccc2c1C1CCN(C(=O)NC[C@H]2CCCO[C@@H]2C(C)(C)C)CC1. The molecule has 0 bridgehead atoms. The highest BCUT2D eigenvalue weighted by Crippen LogP contribution is 2.36. The Hall–Kier alpha value is -2.01. The van der Waals surface area contributed by atoms with Crippen LogP contribution in [-0.4, -0.2) is 48.3 Å². The summed E-state index contributed by atoms with van der Waals surface area (Å²) in [5.74, 6) is 0.913. The van der Waals surface area contributed by atoms with Gasteiger partial charge in [0, 0.05) is 48.8 Å². The zero-order valence-corrected chi connectivity index (χ0v) is 19.0. The van der Waals surface area contributed by atoms with Crippen LogP contribution in [0.15, 0.2) is 24.3 Å². The Morgan fingerprint density at radius 2 is 1.93 bits per heavy atom. The largest absolute Gasteiger partial charge is 0.377 e. The minimum atomic E-state index is 0.0855. The number of hydrogen-bond donors (Lipinski definition) is 2. The third-order valence-electron chi connectivity index (χ3n) is 6.95. The summed E-state index contributed by atoms with van der Waals surface area (Å²) < 4.78 is 6.07. The molecular weight excluding hydrogens is 374 g/mol. The summed E-state index contributed by atoms with van der Waals surface area (Å²) in [5, 5.41) is 4.55. The monoisotopic (exact) mass is 411 g/mol. The summed E-state index contributed by atoms with van der Waals surface area (Å²) in [4.78, 5) is 18.4. The van der Waals surface area contributed by atoms with Crippen molar-refractivity contribution in [1.29, 1.82) is 0 Å². The number of H-pyrrole nitrogens is 1. The van der Waals surface area contributed by atoms with Crippen molar-refractivity contribution in [3.8, 4) is 0 Å². The topological polar surface area (TPSA) is 57.4 Å². The molecule has 1 aromatic carbocycles. The number of benzene rings is 1. The number of carbonyl (C=O) groups is 1.